The van der Waals surface area contributed by atoms with E-state index in [-0.39, 0.29) is 6.03 Å². The van der Waals surface area contributed by atoms with Crippen molar-refractivity contribution in [3.05, 3.63) is 53.6 Å². The molecular weight excluding hydrogens is 266 g/mol. The van der Waals surface area contributed by atoms with Crippen LogP contribution < -0.4 is 21.1 Å². The van der Waals surface area contributed by atoms with Crippen molar-refractivity contribution in [1.82, 2.24) is 5.32 Å². The molecule has 0 aromatic heterocycles. The van der Waals surface area contributed by atoms with E-state index in [0.29, 0.717) is 18.0 Å². The van der Waals surface area contributed by atoms with Crippen LogP contribution in [0.5, 0.6) is 5.75 Å². The molecule has 0 heterocycles. The zero-order valence-electron chi connectivity index (χ0n) is 12.1. The number of amides is 2. The summed E-state index contributed by atoms with van der Waals surface area (Å²) < 4.78 is 5.09. The lowest BCUT2D eigenvalue weighted by Crippen LogP contribution is -2.28. The Kier molecular flexibility index (Phi) is 4.66. The zero-order chi connectivity index (χ0) is 15.2. The number of urea groups is 1. The first-order valence-electron chi connectivity index (χ1n) is 6.62. The van der Waals surface area contributed by atoms with E-state index in [9.17, 15) is 4.79 Å². The van der Waals surface area contributed by atoms with Crippen molar-refractivity contribution in [3.8, 4) is 5.75 Å². The normalized spacial score (nSPS) is 10.0. The second-order valence-corrected chi connectivity index (χ2v) is 4.75. The number of nitrogens with two attached hydrogens (primary N) is 1. The number of methoxy groups -OCH3 is 1. The minimum absolute atomic E-state index is 0.256. The second kappa shape index (κ2) is 6.65. The molecule has 2 rings (SSSR count). The molecular formula is C16H19N3O2. The summed E-state index contributed by atoms with van der Waals surface area (Å²) in [5.41, 5.74) is 9.19. The van der Waals surface area contributed by atoms with Crippen LogP contribution in [0.1, 0.15) is 11.1 Å². The maximum absolute atomic E-state index is 11.8. The Hall–Kier alpha value is -2.69. The van der Waals surface area contributed by atoms with E-state index in [2.05, 4.69) is 10.6 Å². The van der Waals surface area contributed by atoms with Gasteiger partial charge in [-0.05, 0) is 36.8 Å². The Morgan fingerprint density at radius 1 is 1.19 bits per heavy atom. The van der Waals surface area contributed by atoms with Crippen LogP contribution in [0.25, 0.3) is 0 Å². The first kappa shape index (κ1) is 14.7. The smallest absolute Gasteiger partial charge is 0.319 e. The van der Waals surface area contributed by atoms with Gasteiger partial charge in [0.05, 0.1) is 12.8 Å². The first-order valence-corrected chi connectivity index (χ1v) is 6.62. The van der Waals surface area contributed by atoms with Gasteiger partial charge in [0.25, 0.3) is 0 Å². The molecule has 0 spiro atoms. The van der Waals surface area contributed by atoms with Crippen LogP contribution in [0.3, 0.4) is 0 Å². The molecule has 0 saturated heterocycles. The molecule has 2 aromatic rings. The summed E-state index contributed by atoms with van der Waals surface area (Å²) in [4.78, 5) is 11.8. The van der Waals surface area contributed by atoms with Crippen LogP contribution in [-0.4, -0.2) is 13.1 Å². The molecule has 0 saturated carbocycles. The van der Waals surface area contributed by atoms with Crippen LogP contribution in [0.4, 0.5) is 16.2 Å². The number of rotatable bonds is 4. The first-order chi connectivity index (χ1) is 10.1. The SMILES string of the molecule is COc1ccc(CNC(=O)Nc2ccc(C)cc2)cc1N. The number of benzene rings is 2. The molecule has 2 aromatic carbocycles. The van der Waals surface area contributed by atoms with Crippen LogP contribution in [0.2, 0.25) is 0 Å². The van der Waals surface area contributed by atoms with Crippen molar-refractivity contribution in [1.29, 1.82) is 0 Å². The summed E-state index contributed by atoms with van der Waals surface area (Å²) >= 11 is 0. The number of hydrogen-bond acceptors (Lipinski definition) is 3. The predicted molar refractivity (Wildman–Crippen MR) is 84.4 cm³/mol. The Bertz CT molecular complexity index is 624. The number of nitrogens with one attached hydrogen (secondary N) is 2. The molecule has 4 N–H and O–H groups in total. The van der Waals surface area contributed by atoms with E-state index in [4.69, 9.17) is 10.5 Å². The lowest BCUT2D eigenvalue weighted by Gasteiger charge is -2.10. The molecule has 21 heavy (non-hydrogen) atoms. The largest absolute Gasteiger partial charge is 0.495 e. The number of ether oxygens (including phenoxy) is 1. The predicted octanol–water partition coefficient (Wildman–Crippen LogP) is 2.91. The van der Waals surface area contributed by atoms with Crippen molar-refractivity contribution in [3.63, 3.8) is 0 Å². The van der Waals surface area contributed by atoms with Gasteiger partial charge in [-0.3, -0.25) is 0 Å². The molecule has 0 aliphatic carbocycles. The monoisotopic (exact) mass is 285 g/mol. The Morgan fingerprint density at radius 2 is 1.90 bits per heavy atom. The van der Waals surface area contributed by atoms with Gasteiger partial charge in [-0.15, -0.1) is 0 Å². The molecule has 110 valence electrons. The van der Waals surface area contributed by atoms with Crippen LogP contribution in [-0.2, 0) is 6.54 Å². The Labute approximate surface area is 124 Å². The average Bonchev–Trinajstić information content (AvgIpc) is 2.48. The van der Waals surface area contributed by atoms with Crippen molar-refractivity contribution in [2.24, 2.45) is 0 Å². The highest BCUT2D eigenvalue weighted by Crippen LogP contribution is 2.21. The molecule has 0 radical (unpaired) electrons. The summed E-state index contributed by atoms with van der Waals surface area (Å²) in [5.74, 6) is 0.628. The van der Waals surface area contributed by atoms with Crippen molar-refractivity contribution in [2.45, 2.75) is 13.5 Å². The highest BCUT2D eigenvalue weighted by atomic mass is 16.5. The van der Waals surface area contributed by atoms with Gasteiger partial charge in [0.1, 0.15) is 5.75 Å². The topological polar surface area (TPSA) is 76.4 Å². The minimum Gasteiger partial charge on any atom is -0.495 e. The quantitative estimate of drug-likeness (QED) is 0.756. The number of nitrogen functional groups attached to an aromatic ring is 1. The fraction of sp³-hybridized carbons (Fsp3) is 0.188. The van der Waals surface area contributed by atoms with E-state index in [0.717, 1.165) is 16.8 Å². The zero-order valence-corrected chi connectivity index (χ0v) is 12.1. The van der Waals surface area contributed by atoms with Gasteiger partial charge in [-0.25, -0.2) is 4.79 Å². The molecule has 0 unspecified atom stereocenters. The summed E-state index contributed by atoms with van der Waals surface area (Å²) in [6, 6.07) is 12.8. The number of aryl methyl sites for hydroxylation is 1. The van der Waals surface area contributed by atoms with E-state index in [1.54, 1.807) is 19.2 Å². The highest BCUT2D eigenvalue weighted by Gasteiger charge is 2.04. The van der Waals surface area contributed by atoms with E-state index in [1.165, 1.54) is 0 Å². The fourth-order valence-corrected chi connectivity index (χ4v) is 1.89. The molecule has 0 fully saturated rings. The van der Waals surface area contributed by atoms with Gasteiger partial charge in [-0.2, -0.15) is 0 Å². The van der Waals surface area contributed by atoms with Crippen LogP contribution >= 0.6 is 0 Å². The summed E-state index contributed by atoms with van der Waals surface area (Å²) in [7, 11) is 1.57. The van der Waals surface area contributed by atoms with Crippen molar-refractivity contribution >= 4 is 17.4 Å². The maximum Gasteiger partial charge on any atom is 0.319 e. The van der Waals surface area contributed by atoms with Crippen LogP contribution in [0.15, 0.2) is 42.5 Å². The standard InChI is InChI=1S/C16H19N3O2/c1-11-3-6-13(7-4-11)19-16(20)18-10-12-5-8-15(21-2)14(17)9-12/h3-9H,10,17H2,1-2H3,(H2,18,19,20). The van der Waals surface area contributed by atoms with Gasteiger partial charge in [-0.1, -0.05) is 23.8 Å². The third-order valence-electron chi connectivity index (χ3n) is 3.06. The number of anilines is 2. The van der Waals surface area contributed by atoms with Crippen molar-refractivity contribution in [2.75, 3.05) is 18.2 Å². The summed E-state index contributed by atoms with van der Waals surface area (Å²) in [5, 5.41) is 5.55. The fourth-order valence-electron chi connectivity index (χ4n) is 1.89. The lowest BCUT2D eigenvalue weighted by molar-refractivity contribution is 0.251. The lowest BCUT2D eigenvalue weighted by atomic mass is 10.2. The second-order valence-electron chi connectivity index (χ2n) is 4.75. The van der Waals surface area contributed by atoms with Gasteiger partial charge in [0, 0.05) is 12.2 Å². The Morgan fingerprint density at radius 3 is 2.52 bits per heavy atom. The number of hydrogen-bond donors (Lipinski definition) is 3. The van der Waals surface area contributed by atoms with E-state index < -0.39 is 0 Å². The van der Waals surface area contributed by atoms with Gasteiger partial charge in [0.2, 0.25) is 0 Å². The molecule has 0 aliphatic rings. The average molecular weight is 285 g/mol. The third-order valence-corrected chi connectivity index (χ3v) is 3.06. The minimum atomic E-state index is -0.256. The molecule has 0 atom stereocenters. The third kappa shape index (κ3) is 4.14. The van der Waals surface area contributed by atoms with E-state index in [1.807, 2.05) is 37.3 Å². The summed E-state index contributed by atoms with van der Waals surface area (Å²) in [6.45, 7) is 2.39. The van der Waals surface area contributed by atoms with Crippen molar-refractivity contribution < 1.29 is 9.53 Å². The van der Waals surface area contributed by atoms with Gasteiger partial charge < -0.3 is 21.1 Å². The van der Waals surface area contributed by atoms with E-state index >= 15 is 0 Å². The number of carbonyl (C=O) groups is 1. The molecule has 0 bridgehead atoms. The highest BCUT2D eigenvalue weighted by molar-refractivity contribution is 5.89. The molecule has 5 heteroatoms. The molecule has 5 nitrogen and oxygen atoms in total. The molecule has 2 amide bonds. The van der Waals surface area contributed by atoms with Crippen LogP contribution in [0, 0.1) is 6.92 Å². The maximum atomic E-state index is 11.8. The number of carbonyl (C=O) groups excluding carboxylic acids is 1. The Balaban J connectivity index is 1.89. The van der Waals surface area contributed by atoms with Gasteiger partial charge in [0.15, 0.2) is 0 Å². The van der Waals surface area contributed by atoms with Gasteiger partial charge >= 0.3 is 6.03 Å². The summed E-state index contributed by atoms with van der Waals surface area (Å²) in [6.07, 6.45) is 0. The molecule has 0 aliphatic heterocycles.